The molecule has 0 amide bonds. The summed E-state index contributed by atoms with van der Waals surface area (Å²) in [7, 11) is 0. The van der Waals surface area contributed by atoms with Gasteiger partial charge in [-0.05, 0) is 18.6 Å². The second kappa shape index (κ2) is 5.70. The number of hydrogen-bond acceptors (Lipinski definition) is 0. The number of aryl methyl sites for hydroxylation is 1. The molecule has 0 aliphatic heterocycles. The molecule has 0 N–H and O–H groups in total. The van der Waals surface area contributed by atoms with Crippen LogP contribution < -0.4 is 56.8 Å². The topological polar surface area (TPSA) is 0 Å². The van der Waals surface area contributed by atoms with E-state index in [0.29, 0.717) is 10.0 Å². The van der Waals surface area contributed by atoms with Crippen LogP contribution in [0, 0.1) is 6.92 Å². The summed E-state index contributed by atoms with van der Waals surface area (Å²) in [5, 5.41) is -0.259. The molecule has 0 nitrogen and oxygen atoms in total. The average Bonchev–Trinajstić information content (AvgIpc) is 1.94. The Morgan fingerprint density at radius 2 is 1.79 bits per heavy atom. The van der Waals surface area contributed by atoms with Gasteiger partial charge in [-0.2, -0.15) is 0 Å². The van der Waals surface area contributed by atoms with Gasteiger partial charge in [0.25, 0.3) is 0 Å². The first kappa shape index (κ1) is 15.5. The summed E-state index contributed by atoms with van der Waals surface area (Å²) >= 11 is 8.55. The molecule has 0 saturated carbocycles. The van der Waals surface area contributed by atoms with Crippen LogP contribution in [-0.2, 0) is 0 Å². The van der Waals surface area contributed by atoms with Crippen LogP contribution in [0.4, 0.5) is 12.9 Å². The normalized spacial score (nSPS) is 11.0. The zero-order chi connectivity index (χ0) is 10.2. The van der Waals surface area contributed by atoms with Crippen LogP contribution in [0.15, 0.2) is 16.6 Å². The molecule has 7 heteroatoms. The molecule has 1 rings (SSSR count). The van der Waals surface area contributed by atoms with Gasteiger partial charge in [-0.1, -0.05) is 39.1 Å². The second-order valence-corrected chi connectivity index (χ2v) is 3.96. The van der Waals surface area contributed by atoms with Crippen molar-refractivity contribution in [1.29, 1.82) is 0 Å². The molecular formula is C7H5BBrClF3K. The Bertz CT molecular complexity index is 342. The number of halogens is 5. The predicted octanol–water partition coefficient (Wildman–Crippen LogP) is 0.469. The fourth-order valence-electron chi connectivity index (χ4n) is 0.930. The van der Waals surface area contributed by atoms with Gasteiger partial charge in [0.15, 0.2) is 0 Å². The third-order valence-corrected chi connectivity index (χ3v) is 2.81. The number of rotatable bonds is 1. The van der Waals surface area contributed by atoms with E-state index < -0.39 is 12.4 Å². The minimum absolute atomic E-state index is 0. The SMILES string of the molecule is Cc1cc([B-](F)(F)F)c(Cl)cc1Br.[K+]. The molecular weight excluding hydrogens is 306 g/mol. The van der Waals surface area contributed by atoms with Gasteiger partial charge < -0.3 is 12.9 Å². The zero-order valence-electron chi connectivity index (χ0n) is 7.62. The summed E-state index contributed by atoms with van der Waals surface area (Å²) in [6, 6.07) is 2.31. The van der Waals surface area contributed by atoms with Crippen LogP contribution in [0.3, 0.4) is 0 Å². The molecule has 0 unspecified atom stereocenters. The van der Waals surface area contributed by atoms with E-state index in [0.717, 1.165) is 6.07 Å². The van der Waals surface area contributed by atoms with Crippen molar-refractivity contribution in [2.24, 2.45) is 0 Å². The first-order chi connectivity index (χ1) is 5.82. The Kier molecular flexibility index (Phi) is 6.31. The average molecular weight is 311 g/mol. The van der Waals surface area contributed by atoms with Crippen LogP contribution in [0.2, 0.25) is 5.02 Å². The molecule has 0 aliphatic rings. The third kappa shape index (κ3) is 3.81. The number of hydrogen-bond donors (Lipinski definition) is 0. The van der Waals surface area contributed by atoms with E-state index in [4.69, 9.17) is 11.6 Å². The van der Waals surface area contributed by atoms with Crippen molar-refractivity contribution in [3.8, 4) is 0 Å². The predicted molar refractivity (Wildman–Crippen MR) is 52.6 cm³/mol. The van der Waals surface area contributed by atoms with Crippen LogP contribution in [0.1, 0.15) is 5.56 Å². The third-order valence-electron chi connectivity index (χ3n) is 1.63. The molecule has 1 aromatic carbocycles. The summed E-state index contributed by atoms with van der Waals surface area (Å²) < 4.78 is 37.6. The maximum Gasteiger partial charge on any atom is 1.00 e. The first-order valence-electron chi connectivity index (χ1n) is 3.48. The van der Waals surface area contributed by atoms with Crippen LogP contribution in [-0.4, -0.2) is 6.98 Å². The van der Waals surface area contributed by atoms with Gasteiger partial charge in [0.05, 0.1) is 0 Å². The van der Waals surface area contributed by atoms with E-state index in [9.17, 15) is 12.9 Å². The minimum atomic E-state index is -5.02. The standard InChI is InChI=1S/C7H5BBrClF3.K/c1-4-2-5(8(11,12)13)7(10)3-6(4)9;/h2-3H,1H3;/q-1;+1. The summed E-state index contributed by atoms with van der Waals surface area (Å²) in [6.45, 7) is -3.43. The monoisotopic (exact) mass is 310 g/mol. The molecule has 0 radical (unpaired) electrons. The molecule has 14 heavy (non-hydrogen) atoms. The molecule has 0 bridgehead atoms. The largest absolute Gasteiger partial charge is 1.00 e. The molecule has 0 aliphatic carbocycles. The fraction of sp³-hybridized carbons (Fsp3) is 0.143. The summed E-state index contributed by atoms with van der Waals surface area (Å²) in [6.07, 6.45) is 0. The Labute approximate surface area is 136 Å². The van der Waals surface area contributed by atoms with Gasteiger partial charge in [0.2, 0.25) is 0 Å². The van der Waals surface area contributed by atoms with E-state index in [1.54, 1.807) is 6.92 Å². The van der Waals surface area contributed by atoms with Gasteiger partial charge in [0, 0.05) is 9.50 Å². The molecule has 0 fully saturated rings. The first-order valence-corrected chi connectivity index (χ1v) is 4.65. The molecule has 0 atom stereocenters. The Morgan fingerprint density at radius 1 is 1.29 bits per heavy atom. The molecule has 1 aromatic rings. The second-order valence-electron chi connectivity index (χ2n) is 2.70. The van der Waals surface area contributed by atoms with Gasteiger partial charge in [-0.3, -0.25) is 0 Å². The molecule has 0 heterocycles. The van der Waals surface area contributed by atoms with Crippen LogP contribution in [0.5, 0.6) is 0 Å². The van der Waals surface area contributed by atoms with Crippen molar-refractivity contribution in [3.05, 3.63) is 27.2 Å². The van der Waals surface area contributed by atoms with Crippen molar-refractivity contribution in [1.82, 2.24) is 0 Å². The van der Waals surface area contributed by atoms with Crippen LogP contribution >= 0.6 is 27.5 Å². The Balaban J connectivity index is 0.00000169. The van der Waals surface area contributed by atoms with E-state index in [2.05, 4.69) is 15.9 Å². The smallest absolute Gasteiger partial charge is 0.445 e. The van der Waals surface area contributed by atoms with E-state index >= 15 is 0 Å². The molecule has 0 saturated heterocycles. The Hall–Kier alpha value is 1.48. The summed E-state index contributed by atoms with van der Waals surface area (Å²) in [5.74, 6) is 0. The van der Waals surface area contributed by atoms with Gasteiger partial charge >= 0.3 is 58.4 Å². The van der Waals surface area contributed by atoms with Crippen LogP contribution in [0.25, 0.3) is 0 Å². The quantitative estimate of drug-likeness (QED) is 0.662. The van der Waals surface area contributed by atoms with Crippen molar-refractivity contribution in [2.45, 2.75) is 6.92 Å². The summed E-state index contributed by atoms with van der Waals surface area (Å²) in [5.41, 5.74) is -0.207. The molecule has 0 aromatic heterocycles. The van der Waals surface area contributed by atoms with Gasteiger partial charge in [-0.25, -0.2) is 0 Å². The number of benzene rings is 1. The zero-order valence-corrected chi connectivity index (χ0v) is 13.1. The Morgan fingerprint density at radius 3 is 2.21 bits per heavy atom. The van der Waals surface area contributed by atoms with Gasteiger partial charge in [-0.15, -0.1) is 0 Å². The minimum Gasteiger partial charge on any atom is -0.445 e. The van der Waals surface area contributed by atoms with E-state index in [-0.39, 0.29) is 56.4 Å². The maximum atomic E-state index is 12.3. The van der Waals surface area contributed by atoms with E-state index in [1.807, 2.05) is 0 Å². The molecule has 0 spiro atoms. The maximum absolute atomic E-state index is 12.3. The summed E-state index contributed by atoms with van der Waals surface area (Å²) in [4.78, 5) is 0. The van der Waals surface area contributed by atoms with Gasteiger partial charge in [0.1, 0.15) is 0 Å². The van der Waals surface area contributed by atoms with Crippen molar-refractivity contribution >= 4 is 40.0 Å². The van der Waals surface area contributed by atoms with Crippen molar-refractivity contribution in [2.75, 3.05) is 0 Å². The van der Waals surface area contributed by atoms with Crippen molar-refractivity contribution < 1.29 is 64.3 Å². The van der Waals surface area contributed by atoms with Crippen molar-refractivity contribution in [3.63, 3.8) is 0 Å². The molecule has 72 valence electrons. The van der Waals surface area contributed by atoms with E-state index in [1.165, 1.54) is 6.07 Å². The fourth-order valence-corrected chi connectivity index (χ4v) is 1.69.